The highest BCUT2D eigenvalue weighted by molar-refractivity contribution is 5.58. The van der Waals surface area contributed by atoms with Gasteiger partial charge in [-0.05, 0) is 41.8 Å². The summed E-state index contributed by atoms with van der Waals surface area (Å²) >= 11 is 0. The van der Waals surface area contributed by atoms with E-state index in [4.69, 9.17) is 4.98 Å². The molecule has 2 heterocycles. The summed E-state index contributed by atoms with van der Waals surface area (Å²) in [5.41, 5.74) is 3.66. The molecule has 1 fully saturated rings. The number of hydrogen-bond acceptors (Lipinski definition) is 5. The minimum absolute atomic E-state index is 0.536. The molecule has 0 radical (unpaired) electrons. The third kappa shape index (κ3) is 4.25. The average molecular weight is 374 g/mol. The fourth-order valence-corrected chi connectivity index (χ4v) is 3.47. The highest BCUT2D eigenvalue weighted by atomic mass is 15.3. The van der Waals surface area contributed by atoms with Crippen molar-refractivity contribution < 1.29 is 0 Å². The number of hydrogen-bond donors (Lipinski definition) is 1. The maximum atomic E-state index is 4.73. The molecule has 1 saturated heterocycles. The SMILES string of the molecule is CC(C)c1ccc(Nc2ccnc(N3CCN(c4ccccc4)CC3)n2)cc1. The van der Waals surface area contributed by atoms with Gasteiger partial charge in [-0.3, -0.25) is 0 Å². The molecule has 0 unspecified atom stereocenters. The molecule has 1 N–H and O–H groups in total. The Morgan fingerprint density at radius 1 is 0.821 bits per heavy atom. The van der Waals surface area contributed by atoms with Crippen molar-refractivity contribution in [1.29, 1.82) is 0 Å². The molecule has 0 aliphatic carbocycles. The molecule has 144 valence electrons. The van der Waals surface area contributed by atoms with Crippen LogP contribution in [0.2, 0.25) is 0 Å². The molecule has 28 heavy (non-hydrogen) atoms. The van der Waals surface area contributed by atoms with Gasteiger partial charge >= 0.3 is 0 Å². The van der Waals surface area contributed by atoms with Crippen LogP contribution in [0, 0.1) is 0 Å². The molecule has 1 aromatic heterocycles. The van der Waals surface area contributed by atoms with Crippen LogP contribution in [0.5, 0.6) is 0 Å². The van der Waals surface area contributed by atoms with E-state index in [0.29, 0.717) is 5.92 Å². The lowest BCUT2D eigenvalue weighted by Crippen LogP contribution is -2.47. The number of para-hydroxylation sites is 1. The summed E-state index contributed by atoms with van der Waals surface area (Å²) in [6.45, 7) is 8.19. The van der Waals surface area contributed by atoms with Crippen LogP contribution in [0.4, 0.5) is 23.1 Å². The fraction of sp³-hybridized carbons (Fsp3) is 0.304. The van der Waals surface area contributed by atoms with Gasteiger partial charge < -0.3 is 15.1 Å². The molecule has 0 bridgehead atoms. The lowest BCUT2D eigenvalue weighted by molar-refractivity contribution is 0.640. The number of nitrogens with one attached hydrogen (secondary N) is 1. The second kappa shape index (κ2) is 8.30. The van der Waals surface area contributed by atoms with Gasteiger partial charge in [0, 0.05) is 43.8 Å². The first-order valence-electron chi connectivity index (χ1n) is 9.94. The van der Waals surface area contributed by atoms with E-state index in [2.05, 4.69) is 88.5 Å². The van der Waals surface area contributed by atoms with E-state index in [1.165, 1.54) is 11.3 Å². The third-order valence-corrected chi connectivity index (χ3v) is 5.18. The number of aromatic nitrogens is 2. The molecule has 0 atom stereocenters. The lowest BCUT2D eigenvalue weighted by Gasteiger charge is -2.36. The Bertz CT molecular complexity index is 884. The highest BCUT2D eigenvalue weighted by Crippen LogP contribution is 2.22. The van der Waals surface area contributed by atoms with Crippen molar-refractivity contribution in [3.63, 3.8) is 0 Å². The van der Waals surface area contributed by atoms with Gasteiger partial charge in [0.25, 0.3) is 0 Å². The fourth-order valence-electron chi connectivity index (χ4n) is 3.47. The van der Waals surface area contributed by atoms with Gasteiger partial charge in [0.2, 0.25) is 5.95 Å². The Morgan fingerprint density at radius 3 is 2.18 bits per heavy atom. The van der Waals surface area contributed by atoms with E-state index in [1.54, 1.807) is 0 Å². The van der Waals surface area contributed by atoms with Gasteiger partial charge in [0.1, 0.15) is 5.82 Å². The molecule has 5 heteroatoms. The second-order valence-corrected chi connectivity index (χ2v) is 7.45. The summed E-state index contributed by atoms with van der Waals surface area (Å²) in [6.07, 6.45) is 1.83. The summed E-state index contributed by atoms with van der Waals surface area (Å²) in [4.78, 5) is 13.9. The highest BCUT2D eigenvalue weighted by Gasteiger charge is 2.19. The minimum Gasteiger partial charge on any atom is -0.368 e. The first-order valence-corrected chi connectivity index (χ1v) is 9.94. The van der Waals surface area contributed by atoms with Crippen molar-refractivity contribution in [1.82, 2.24) is 9.97 Å². The van der Waals surface area contributed by atoms with Crippen molar-refractivity contribution in [3.8, 4) is 0 Å². The first-order chi connectivity index (χ1) is 13.7. The van der Waals surface area contributed by atoms with E-state index in [-0.39, 0.29) is 0 Å². The Balaban J connectivity index is 1.40. The predicted octanol–water partition coefficient (Wildman–Crippen LogP) is 4.67. The largest absolute Gasteiger partial charge is 0.368 e. The zero-order chi connectivity index (χ0) is 19.3. The second-order valence-electron chi connectivity index (χ2n) is 7.45. The van der Waals surface area contributed by atoms with E-state index >= 15 is 0 Å². The van der Waals surface area contributed by atoms with Crippen molar-refractivity contribution in [2.24, 2.45) is 0 Å². The molecule has 1 aliphatic rings. The summed E-state index contributed by atoms with van der Waals surface area (Å²) in [7, 11) is 0. The van der Waals surface area contributed by atoms with Crippen LogP contribution in [0.3, 0.4) is 0 Å². The number of anilines is 4. The Hall–Kier alpha value is -3.08. The Labute approximate surface area is 167 Å². The van der Waals surface area contributed by atoms with Crippen molar-refractivity contribution in [2.45, 2.75) is 19.8 Å². The molecule has 4 rings (SSSR count). The minimum atomic E-state index is 0.536. The van der Waals surface area contributed by atoms with E-state index in [1.807, 2.05) is 12.3 Å². The molecule has 0 amide bonds. The third-order valence-electron chi connectivity index (χ3n) is 5.18. The summed E-state index contributed by atoms with van der Waals surface area (Å²) < 4.78 is 0. The van der Waals surface area contributed by atoms with Gasteiger partial charge in [-0.2, -0.15) is 4.98 Å². The van der Waals surface area contributed by atoms with Gasteiger partial charge in [-0.1, -0.05) is 44.2 Å². The number of rotatable bonds is 5. The van der Waals surface area contributed by atoms with Crippen LogP contribution in [0.1, 0.15) is 25.3 Å². The van der Waals surface area contributed by atoms with Crippen molar-refractivity contribution in [2.75, 3.05) is 41.3 Å². The van der Waals surface area contributed by atoms with Gasteiger partial charge in [-0.15, -0.1) is 0 Å². The molecule has 3 aromatic rings. The number of benzene rings is 2. The van der Waals surface area contributed by atoms with Crippen molar-refractivity contribution in [3.05, 3.63) is 72.4 Å². The zero-order valence-corrected chi connectivity index (χ0v) is 16.5. The molecule has 0 saturated carbocycles. The molecule has 0 spiro atoms. The van der Waals surface area contributed by atoms with Gasteiger partial charge in [0.15, 0.2) is 0 Å². The Kier molecular flexibility index (Phi) is 5.42. The van der Waals surface area contributed by atoms with Crippen LogP contribution in [-0.4, -0.2) is 36.1 Å². The van der Waals surface area contributed by atoms with Gasteiger partial charge in [0.05, 0.1) is 0 Å². The van der Waals surface area contributed by atoms with E-state index in [0.717, 1.165) is 43.6 Å². The van der Waals surface area contributed by atoms with E-state index in [9.17, 15) is 0 Å². The predicted molar refractivity (Wildman–Crippen MR) is 117 cm³/mol. The van der Waals surface area contributed by atoms with Crippen molar-refractivity contribution >= 4 is 23.1 Å². The molecule has 5 nitrogen and oxygen atoms in total. The van der Waals surface area contributed by atoms with Crippen LogP contribution in [0.15, 0.2) is 66.9 Å². The molecular formula is C23H27N5. The normalized spacial score (nSPS) is 14.4. The molecular weight excluding hydrogens is 346 g/mol. The zero-order valence-electron chi connectivity index (χ0n) is 16.5. The lowest BCUT2D eigenvalue weighted by atomic mass is 10.0. The summed E-state index contributed by atoms with van der Waals surface area (Å²) in [5, 5.41) is 3.40. The number of piperazine rings is 1. The summed E-state index contributed by atoms with van der Waals surface area (Å²) in [6, 6.07) is 21.0. The van der Waals surface area contributed by atoms with Crippen LogP contribution in [-0.2, 0) is 0 Å². The maximum absolute atomic E-state index is 4.73. The van der Waals surface area contributed by atoms with Crippen LogP contribution >= 0.6 is 0 Å². The molecule has 1 aliphatic heterocycles. The quantitative estimate of drug-likeness (QED) is 0.704. The smallest absolute Gasteiger partial charge is 0.227 e. The van der Waals surface area contributed by atoms with Crippen LogP contribution in [0.25, 0.3) is 0 Å². The van der Waals surface area contributed by atoms with Gasteiger partial charge in [-0.25, -0.2) is 4.98 Å². The maximum Gasteiger partial charge on any atom is 0.227 e. The summed E-state index contributed by atoms with van der Waals surface area (Å²) in [5.74, 6) is 2.15. The molecule has 2 aromatic carbocycles. The topological polar surface area (TPSA) is 44.3 Å². The standard InChI is InChI=1S/C23H27N5/c1-18(2)19-8-10-20(11-9-19)25-22-12-13-24-23(26-22)28-16-14-27(15-17-28)21-6-4-3-5-7-21/h3-13,18H,14-17H2,1-2H3,(H,24,25,26). The monoisotopic (exact) mass is 373 g/mol. The average Bonchev–Trinajstić information content (AvgIpc) is 2.75. The van der Waals surface area contributed by atoms with Crippen LogP contribution < -0.4 is 15.1 Å². The number of nitrogens with zero attached hydrogens (tertiary/aromatic N) is 4. The first kappa shape index (κ1) is 18.3. The van der Waals surface area contributed by atoms with E-state index < -0.39 is 0 Å². The Morgan fingerprint density at radius 2 is 1.50 bits per heavy atom.